The Labute approximate surface area is 445 Å². The van der Waals surface area contributed by atoms with Crippen molar-refractivity contribution in [1.29, 1.82) is 0 Å². The molecule has 404 valence electrons. The topological polar surface area (TPSA) is 217 Å². The van der Waals surface area contributed by atoms with Gasteiger partial charge in [-0.1, -0.05) is 74.3 Å². The van der Waals surface area contributed by atoms with Crippen molar-refractivity contribution in [2.45, 2.75) is 111 Å². The third kappa shape index (κ3) is 15.2. The molecular weight excluding hydrogens is 980 g/mol. The molecule has 4 atom stereocenters. The highest BCUT2D eigenvalue weighted by Gasteiger charge is 2.44. The summed E-state index contributed by atoms with van der Waals surface area (Å²) in [5.41, 5.74) is 9.90. The van der Waals surface area contributed by atoms with Crippen molar-refractivity contribution < 1.29 is 48.0 Å². The number of nitrogens with one attached hydrogen (secondary N) is 2. The fraction of sp³-hybridized carbons (Fsp3) is 0.536. The lowest BCUT2D eigenvalue weighted by molar-refractivity contribution is -0.144. The molecule has 19 heteroatoms. The van der Waals surface area contributed by atoms with E-state index >= 15 is 0 Å². The average molecular weight is 1050 g/mol. The Morgan fingerprint density at radius 3 is 2.07 bits per heavy atom. The molecule has 1 aliphatic carbocycles. The van der Waals surface area contributed by atoms with E-state index in [4.69, 9.17) is 40.3 Å². The number of aliphatic hydroxyl groups excluding tert-OH is 1. The zero-order chi connectivity index (χ0) is 53.6. The number of allylic oxidation sites excluding steroid dienone is 6. The first-order valence-electron chi connectivity index (χ1n) is 25.9. The number of aryl methyl sites for hydroxylation is 2. The maximum Gasteiger partial charge on any atom is 0.246 e. The summed E-state index contributed by atoms with van der Waals surface area (Å²) in [7, 11) is 0. The number of nitrogens with zero attached hydrogens (tertiary/aromatic N) is 6. The number of hydrogen-bond acceptors (Lipinski definition) is 14. The number of likely N-dealkylation sites (tertiary alicyclic amines) is 1. The number of carbonyl (C=O) groups is 4. The zero-order valence-electron chi connectivity index (χ0n) is 44.4. The van der Waals surface area contributed by atoms with Gasteiger partial charge in [0.2, 0.25) is 17.7 Å². The van der Waals surface area contributed by atoms with E-state index in [2.05, 4.69) is 44.2 Å². The maximum atomic E-state index is 14.0. The number of ketones is 1. The quantitative estimate of drug-likeness (QED) is 0.0725. The minimum Gasteiger partial charge on any atom is -0.391 e. The van der Waals surface area contributed by atoms with Crippen LogP contribution in [0.3, 0.4) is 0 Å². The van der Waals surface area contributed by atoms with Crippen molar-refractivity contribution >= 4 is 58.3 Å². The second kappa shape index (κ2) is 26.8. The lowest BCUT2D eigenvalue weighted by Gasteiger charge is -2.35. The molecule has 1 fully saturated rings. The number of ether oxygens (including phenoxy) is 5. The van der Waals surface area contributed by atoms with Crippen molar-refractivity contribution in [3.05, 3.63) is 104 Å². The van der Waals surface area contributed by atoms with Gasteiger partial charge in [0.25, 0.3) is 0 Å². The second-order valence-corrected chi connectivity index (χ2v) is 20.8. The molecular formula is C56H73ClN8O10. The SMILES string of the molecule is CC1=C(C)C2=C(C1)n1c(C)nnc1C(CC(=O)NCCOCCOCCOCCOCCOCC(=O)NC(C(=O)N1C[C@H](O)C[C@H]1C(=O)CCc1ccc(C3=C(C)N=CC3)cc1)C(C)(C)C)N=C2c1ccc(Cl)cc1. The molecule has 2 aromatic carbocycles. The molecule has 1 saturated heterocycles. The summed E-state index contributed by atoms with van der Waals surface area (Å²) in [5, 5.41) is 25.9. The Hall–Kier alpha value is -5.73. The van der Waals surface area contributed by atoms with E-state index in [1.54, 1.807) is 0 Å². The Morgan fingerprint density at radius 2 is 1.44 bits per heavy atom. The number of rotatable bonds is 27. The van der Waals surface area contributed by atoms with Crippen LogP contribution in [-0.2, 0) is 49.3 Å². The van der Waals surface area contributed by atoms with Crippen molar-refractivity contribution in [3.8, 4) is 0 Å². The van der Waals surface area contributed by atoms with E-state index < -0.39 is 41.5 Å². The number of β-amino-alcohol motifs (C(OH)–C–C–N with tert-alkyl or cyclic N) is 1. The maximum absolute atomic E-state index is 14.0. The molecule has 3 aromatic rings. The van der Waals surface area contributed by atoms with Gasteiger partial charge in [0.1, 0.15) is 24.5 Å². The normalized spacial score (nSPS) is 18.9. The van der Waals surface area contributed by atoms with Gasteiger partial charge in [-0.15, -0.1) is 10.2 Å². The predicted molar refractivity (Wildman–Crippen MR) is 286 cm³/mol. The van der Waals surface area contributed by atoms with Gasteiger partial charge < -0.3 is 44.3 Å². The van der Waals surface area contributed by atoms with Crippen LogP contribution in [0.5, 0.6) is 0 Å². The first kappa shape index (κ1) is 57.0. The van der Waals surface area contributed by atoms with Gasteiger partial charge in [-0.05, 0) is 73.9 Å². The first-order chi connectivity index (χ1) is 36.0. The van der Waals surface area contributed by atoms with Gasteiger partial charge in [-0.2, -0.15) is 0 Å². The highest BCUT2D eigenvalue weighted by Crippen LogP contribution is 2.42. The van der Waals surface area contributed by atoms with Gasteiger partial charge in [0.05, 0.1) is 83.7 Å². The van der Waals surface area contributed by atoms with Crippen LogP contribution >= 0.6 is 11.6 Å². The molecule has 0 saturated carbocycles. The minimum atomic E-state index is -0.944. The van der Waals surface area contributed by atoms with Crippen molar-refractivity contribution in [1.82, 2.24) is 30.3 Å². The van der Waals surface area contributed by atoms with Crippen LogP contribution in [0.25, 0.3) is 11.3 Å². The Balaban J connectivity index is 0.714. The van der Waals surface area contributed by atoms with Crippen LogP contribution in [0.1, 0.15) is 108 Å². The molecule has 0 radical (unpaired) electrons. The van der Waals surface area contributed by atoms with Crippen molar-refractivity contribution in [3.63, 3.8) is 0 Å². The van der Waals surface area contributed by atoms with Gasteiger partial charge in [0, 0.05) is 72.5 Å². The summed E-state index contributed by atoms with van der Waals surface area (Å²) in [5.74, 6) is 0.203. The molecule has 3 amide bonds. The van der Waals surface area contributed by atoms with E-state index in [1.807, 2.05) is 89.4 Å². The monoisotopic (exact) mass is 1050 g/mol. The molecule has 4 heterocycles. The van der Waals surface area contributed by atoms with Gasteiger partial charge in [0.15, 0.2) is 11.6 Å². The number of amides is 3. The predicted octanol–water partition coefficient (Wildman–Crippen LogP) is 6.22. The number of hydrogen-bond donors (Lipinski definition) is 3. The third-order valence-corrected chi connectivity index (χ3v) is 14.0. The molecule has 18 nitrogen and oxygen atoms in total. The van der Waals surface area contributed by atoms with Crippen molar-refractivity contribution in [2.24, 2.45) is 15.4 Å². The van der Waals surface area contributed by atoms with Crippen LogP contribution in [0.2, 0.25) is 5.02 Å². The molecule has 0 spiro atoms. The summed E-state index contributed by atoms with van der Waals surface area (Å²) >= 11 is 6.23. The number of Topliss-reactive ketones (excluding diaryl/α,β-unsaturated/α-hetero) is 1. The van der Waals surface area contributed by atoms with E-state index in [1.165, 1.54) is 16.0 Å². The molecule has 3 N–H and O–H groups in total. The summed E-state index contributed by atoms with van der Waals surface area (Å²) in [6, 6.07) is 13.5. The molecule has 3 aliphatic heterocycles. The van der Waals surface area contributed by atoms with Crippen LogP contribution in [0, 0.1) is 12.3 Å². The number of carbonyl (C=O) groups excluding carboxylic acids is 4. The third-order valence-electron chi connectivity index (χ3n) is 13.8. The first-order valence-corrected chi connectivity index (χ1v) is 26.3. The number of aliphatic imine (C=N–C) groups is 2. The summed E-state index contributed by atoms with van der Waals surface area (Å²) in [6.45, 7) is 16.5. The van der Waals surface area contributed by atoms with Crippen LogP contribution in [-0.4, -0.2) is 158 Å². The van der Waals surface area contributed by atoms with Gasteiger partial charge >= 0.3 is 0 Å². The number of aliphatic hydroxyl groups is 1. The smallest absolute Gasteiger partial charge is 0.246 e. The van der Waals surface area contributed by atoms with E-state index in [0.717, 1.165) is 63.6 Å². The summed E-state index contributed by atoms with van der Waals surface area (Å²) in [6.07, 6.45) is 3.59. The molecule has 7 rings (SSSR count). The average Bonchev–Trinajstić information content (AvgIpc) is 4.16. The summed E-state index contributed by atoms with van der Waals surface area (Å²) < 4.78 is 30.0. The zero-order valence-corrected chi connectivity index (χ0v) is 45.2. The number of benzene rings is 2. The standard InChI is InChI=1S/C56H73ClN8O10/c1-35-30-47-51(36(35)2)52(41-13-15-42(57)16-14-41)60-45(54-63-62-38(4)65(47)54)32-49(68)59-20-21-71-22-23-72-24-25-73-26-27-74-28-29-75-34-50(69)61-53(56(5,6)7)55(70)64-33-43(66)31-46(64)48(67)17-10-39-8-11-40(12-9-39)44-18-19-58-37(44)3/h8-9,11-16,19,43,45-46,53,66H,10,17-18,20-34H2,1-7H3,(H,59,68)(H,61,69)/t43-,45?,46+,53?/m1/s1. The highest BCUT2D eigenvalue weighted by molar-refractivity contribution is 6.31. The van der Waals surface area contributed by atoms with Gasteiger partial charge in [-0.25, -0.2) is 0 Å². The Bertz CT molecular complexity index is 2670. The highest BCUT2D eigenvalue weighted by atomic mass is 35.5. The lowest BCUT2D eigenvalue weighted by atomic mass is 9.85. The van der Waals surface area contributed by atoms with Crippen LogP contribution < -0.4 is 10.6 Å². The molecule has 1 aromatic heterocycles. The summed E-state index contributed by atoms with van der Waals surface area (Å²) in [4.78, 5) is 64.7. The minimum absolute atomic E-state index is 0.0191. The fourth-order valence-electron chi connectivity index (χ4n) is 9.64. The van der Waals surface area contributed by atoms with Crippen LogP contribution in [0.4, 0.5) is 0 Å². The number of fused-ring (bicyclic) bond motifs is 2. The number of aromatic nitrogens is 3. The molecule has 2 unspecified atom stereocenters. The van der Waals surface area contributed by atoms with Gasteiger partial charge in [-0.3, -0.25) is 33.7 Å². The van der Waals surface area contributed by atoms with E-state index in [0.29, 0.717) is 70.1 Å². The van der Waals surface area contributed by atoms with Crippen molar-refractivity contribution in [2.75, 3.05) is 79.2 Å². The van der Waals surface area contributed by atoms with E-state index in [9.17, 15) is 24.3 Å². The van der Waals surface area contributed by atoms with Crippen LogP contribution in [0.15, 0.2) is 80.9 Å². The Morgan fingerprint density at radius 1 is 0.813 bits per heavy atom. The molecule has 75 heavy (non-hydrogen) atoms. The second-order valence-electron chi connectivity index (χ2n) is 20.4. The fourth-order valence-corrected chi connectivity index (χ4v) is 9.77. The lowest BCUT2D eigenvalue weighted by Crippen LogP contribution is -2.57. The molecule has 4 aliphatic rings. The Kier molecular flexibility index (Phi) is 20.4. The largest absolute Gasteiger partial charge is 0.391 e. The van der Waals surface area contributed by atoms with E-state index in [-0.39, 0.29) is 57.3 Å². The molecule has 0 bridgehead atoms. The number of halogens is 1.